The van der Waals surface area contributed by atoms with Crippen LogP contribution in [-0.2, 0) is 14.8 Å². The molecule has 0 aromatic heterocycles. The standard InChI is InChI=1S/C12H14ClF2NO4S/c1-12(2,6-5-9(17)18)16-21(19,20)11-7(13)3-4-8(14)10(11)15/h3-4,16H,5-6H2,1-2H3,(H,17,18). The number of rotatable bonds is 6. The first-order valence-corrected chi connectivity index (χ1v) is 7.72. The molecule has 0 aliphatic heterocycles. The van der Waals surface area contributed by atoms with Crippen molar-refractivity contribution in [2.75, 3.05) is 0 Å². The molecule has 0 atom stereocenters. The van der Waals surface area contributed by atoms with E-state index in [1.165, 1.54) is 13.8 Å². The minimum atomic E-state index is -4.44. The Labute approximate surface area is 126 Å². The van der Waals surface area contributed by atoms with Crippen LogP contribution in [0.2, 0.25) is 5.02 Å². The molecule has 0 fully saturated rings. The van der Waals surface area contributed by atoms with Crippen LogP contribution in [0.4, 0.5) is 8.78 Å². The lowest BCUT2D eigenvalue weighted by molar-refractivity contribution is -0.137. The Kier molecular flexibility index (Phi) is 5.30. The number of sulfonamides is 1. The second-order valence-corrected chi connectivity index (χ2v) is 7.08. The fraction of sp³-hybridized carbons (Fsp3) is 0.417. The highest BCUT2D eigenvalue weighted by molar-refractivity contribution is 7.89. The van der Waals surface area contributed by atoms with Gasteiger partial charge in [0.1, 0.15) is 4.90 Å². The van der Waals surface area contributed by atoms with E-state index >= 15 is 0 Å². The van der Waals surface area contributed by atoms with Gasteiger partial charge >= 0.3 is 5.97 Å². The Hall–Kier alpha value is -1.25. The van der Waals surface area contributed by atoms with Crippen LogP contribution in [-0.4, -0.2) is 25.0 Å². The summed E-state index contributed by atoms with van der Waals surface area (Å²) in [5.74, 6) is -4.02. The summed E-state index contributed by atoms with van der Waals surface area (Å²) in [4.78, 5) is 9.53. The lowest BCUT2D eigenvalue weighted by Crippen LogP contribution is -2.44. The molecule has 0 amide bonds. The van der Waals surface area contributed by atoms with Gasteiger partial charge < -0.3 is 5.11 Å². The average Bonchev–Trinajstić information content (AvgIpc) is 2.30. The molecule has 1 rings (SSSR count). The summed E-state index contributed by atoms with van der Waals surface area (Å²) in [6.07, 6.45) is -0.314. The van der Waals surface area contributed by atoms with Gasteiger partial charge in [0.05, 0.1) is 5.02 Å². The van der Waals surface area contributed by atoms with Crippen LogP contribution in [0.3, 0.4) is 0 Å². The maximum atomic E-state index is 13.7. The van der Waals surface area contributed by atoms with Gasteiger partial charge in [0, 0.05) is 12.0 Å². The van der Waals surface area contributed by atoms with E-state index in [-0.39, 0.29) is 12.8 Å². The predicted molar refractivity (Wildman–Crippen MR) is 72.6 cm³/mol. The van der Waals surface area contributed by atoms with E-state index in [0.29, 0.717) is 6.07 Å². The lowest BCUT2D eigenvalue weighted by atomic mass is 10.0. The summed E-state index contributed by atoms with van der Waals surface area (Å²) in [6, 6.07) is 1.64. The summed E-state index contributed by atoms with van der Waals surface area (Å²) in [5, 5.41) is 8.15. The number of carboxylic acids is 1. The predicted octanol–water partition coefficient (Wildman–Crippen LogP) is 2.54. The van der Waals surface area contributed by atoms with Crippen molar-refractivity contribution in [2.24, 2.45) is 0 Å². The van der Waals surface area contributed by atoms with Crippen molar-refractivity contribution in [1.82, 2.24) is 4.72 Å². The van der Waals surface area contributed by atoms with Crippen LogP contribution in [0.25, 0.3) is 0 Å². The molecule has 0 aliphatic rings. The monoisotopic (exact) mass is 341 g/mol. The third-order valence-electron chi connectivity index (χ3n) is 2.65. The van der Waals surface area contributed by atoms with E-state index in [2.05, 4.69) is 4.72 Å². The second-order valence-electron chi connectivity index (χ2n) is 5.06. The van der Waals surface area contributed by atoms with E-state index < -0.39 is 43.1 Å². The zero-order valence-corrected chi connectivity index (χ0v) is 12.9. The van der Waals surface area contributed by atoms with E-state index in [9.17, 15) is 22.0 Å². The molecule has 0 saturated heterocycles. The van der Waals surface area contributed by atoms with Gasteiger partial charge in [0.2, 0.25) is 10.0 Å². The molecule has 118 valence electrons. The van der Waals surface area contributed by atoms with Crippen LogP contribution in [0.15, 0.2) is 17.0 Å². The Balaban J connectivity index is 3.13. The maximum Gasteiger partial charge on any atom is 0.303 e. The molecule has 1 aromatic carbocycles. The molecule has 5 nitrogen and oxygen atoms in total. The smallest absolute Gasteiger partial charge is 0.303 e. The molecule has 0 aliphatic carbocycles. The Morgan fingerprint density at radius 1 is 1.38 bits per heavy atom. The summed E-state index contributed by atoms with van der Waals surface area (Å²) in [7, 11) is -4.44. The topological polar surface area (TPSA) is 83.5 Å². The number of hydrogen-bond acceptors (Lipinski definition) is 3. The third kappa shape index (κ3) is 4.62. The quantitative estimate of drug-likeness (QED) is 0.779. The first kappa shape index (κ1) is 17.8. The van der Waals surface area contributed by atoms with Crippen LogP contribution in [0.1, 0.15) is 26.7 Å². The van der Waals surface area contributed by atoms with Crippen molar-refractivity contribution < 1.29 is 27.1 Å². The Morgan fingerprint density at radius 2 is 1.95 bits per heavy atom. The van der Waals surface area contributed by atoms with Gasteiger partial charge in [-0.15, -0.1) is 0 Å². The van der Waals surface area contributed by atoms with Gasteiger partial charge in [-0.25, -0.2) is 21.9 Å². The molecule has 21 heavy (non-hydrogen) atoms. The maximum absolute atomic E-state index is 13.7. The Morgan fingerprint density at radius 3 is 2.48 bits per heavy atom. The van der Waals surface area contributed by atoms with Gasteiger partial charge in [0.25, 0.3) is 0 Å². The average molecular weight is 342 g/mol. The summed E-state index contributed by atoms with van der Waals surface area (Å²) in [5.41, 5.74) is -1.17. The molecule has 1 aromatic rings. The minimum Gasteiger partial charge on any atom is -0.481 e. The molecule has 9 heteroatoms. The van der Waals surface area contributed by atoms with Gasteiger partial charge in [-0.05, 0) is 32.4 Å². The molecule has 0 saturated carbocycles. The highest BCUT2D eigenvalue weighted by Crippen LogP contribution is 2.27. The van der Waals surface area contributed by atoms with Crippen molar-refractivity contribution >= 4 is 27.6 Å². The minimum absolute atomic E-state index is 0.0316. The highest BCUT2D eigenvalue weighted by Gasteiger charge is 2.31. The second kappa shape index (κ2) is 6.25. The number of hydrogen-bond donors (Lipinski definition) is 2. The zero-order valence-electron chi connectivity index (χ0n) is 11.3. The van der Waals surface area contributed by atoms with Crippen molar-refractivity contribution in [2.45, 2.75) is 37.1 Å². The lowest BCUT2D eigenvalue weighted by Gasteiger charge is -2.25. The normalized spacial score (nSPS) is 12.4. The molecule has 0 unspecified atom stereocenters. The fourth-order valence-corrected chi connectivity index (χ4v) is 3.68. The van der Waals surface area contributed by atoms with E-state index in [0.717, 1.165) is 6.07 Å². The molecule has 0 radical (unpaired) electrons. The number of nitrogens with one attached hydrogen (secondary N) is 1. The van der Waals surface area contributed by atoms with E-state index in [1.807, 2.05) is 0 Å². The summed E-state index contributed by atoms with van der Waals surface area (Å²) < 4.78 is 53.3. The summed E-state index contributed by atoms with van der Waals surface area (Å²) in [6.45, 7) is 2.86. The molecule has 0 heterocycles. The van der Waals surface area contributed by atoms with Crippen molar-refractivity contribution in [1.29, 1.82) is 0 Å². The van der Waals surface area contributed by atoms with Gasteiger partial charge in [-0.2, -0.15) is 0 Å². The molecule has 0 bridgehead atoms. The SMILES string of the molecule is CC(C)(CCC(=O)O)NS(=O)(=O)c1c(Cl)ccc(F)c1F. The van der Waals surface area contributed by atoms with Gasteiger partial charge in [-0.3, -0.25) is 4.79 Å². The Bertz CT molecular complexity index is 661. The number of halogens is 3. The van der Waals surface area contributed by atoms with Gasteiger partial charge in [0.15, 0.2) is 11.6 Å². The number of aliphatic carboxylic acids is 1. The third-order valence-corrected chi connectivity index (χ3v) is 4.83. The van der Waals surface area contributed by atoms with Crippen LogP contribution in [0, 0.1) is 11.6 Å². The van der Waals surface area contributed by atoms with Crippen LogP contribution >= 0.6 is 11.6 Å². The number of carbonyl (C=O) groups is 1. The van der Waals surface area contributed by atoms with Crippen molar-refractivity contribution in [3.63, 3.8) is 0 Å². The molecular formula is C12H14ClF2NO4S. The first-order valence-electron chi connectivity index (χ1n) is 5.85. The fourth-order valence-electron chi connectivity index (χ4n) is 1.64. The molecule has 0 spiro atoms. The van der Waals surface area contributed by atoms with Crippen molar-refractivity contribution in [3.05, 3.63) is 28.8 Å². The van der Waals surface area contributed by atoms with Gasteiger partial charge in [-0.1, -0.05) is 11.6 Å². The highest BCUT2D eigenvalue weighted by atomic mass is 35.5. The molecular weight excluding hydrogens is 328 g/mol. The molecule has 2 N–H and O–H groups in total. The number of carboxylic acid groups (broad SMARTS) is 1. The van der Waals surface area contributed by atoms with Crippen LogP contribution < -0.4 is 4.72 Å². The zero-order chi connectivity index (χ0) is 16.4. The van der Waals surface area contributed by atoms with E-state index in [4.69, 9.17) is 16.7 Å². The first-order chi connectivity index (χ1) is 9.46. The summed E-state index contributed by atoms with van der Waals surface area (Å²) >= 11 is 5.62. The van der Waals surface area contributed by atoms with E-state index in [1.54, 1.807) is 0 Å². The van der Waals surface area contributed by atoms with Crippen LogP contribution in [0.5, 0.6) is 0 Å². The number of benzene rings is 1. The van der Waals surface area contributed by atoms with Crippen molar-refractivity contribution in [3.8, 4) is 0 Å². The largest absolute Gasteiger partial charge is 0.481 e.